The molecule has 0 atom stereocenters. The first-order valence-electron chi connectivity index (χ1n) is 7.67. The van der Waals surface area contributed by atoms with Crippen LogP contribution in [0.2, 0.25) is 0 Å². The molecular formula is C17H18FN5O. The third kappa shape index (κ3) is 4.28. The van der Waals surface area contributed by atoms with Crippen LogP contribution in [-0.4, -0.2) is 32.1 Å². The Morgan fingerprint density at radius 3 is 2.75 bits per heavy atom. The highest BCUT2D eigenvalue weighted by atomic mass is 19.1. The minimum atomic E-state index is -0.490. The van der Waals surface area contributed by atoms with Gasteiger partial charge in [0.25, 0.3) is 0 Å². The third-order valence-corrected chi connectivity index (χ3v) is 3.46. The quantitative estimate of drug-likeness (QED) is 0.724. The van der Waals surface area contributed by atoms with Gasteiger partial charge in [-0.15, -0.1) is 0 Å². The van der Waals surface area contributed by atoms with Crippen molar-refractivity contribution in [2.24, 2.45) is 0 Å². The Kier molecular flexibility index (Phi) is 5.00. The molecule has 0 spiro atoms. The summed E-state index contributed by atoms with van der Waals surface area (Å²) in [6, 6.07) is 11.6. The van der Waals surface area contributed by atoms with Gasteiger partial charge in [-0.1, -0.05) is 30.3 Å². The fraction of sp³-hybridized carbons (Fsp3) is 0.235. The highest BCUT2D eigenvalue weighted by molar-refractivity contribution is 5.91. The zero-order chi connectivity index (χ0) is 16.8. The Balaban J connectivity index is 1.54. The number of hydrogen-bond donors (Lipinski definition) is 1. The number of hydrogen-bond acceptors (Lipinski definition) is 3. The maximum absolute atomic E-state index is 12.2. The predicted octanol–water partition coefficient (Wildman–Crippen LogP) is 2.28. The summed E-state index contributed by atoms with van der Waals surface area (Å²) in [6.07, 6.45) is 5.39. The SMILES string of the molecule is O=C(Cc1cnn(Cc2ccccc2)c1)Nc1ccn(CCF)n1. The van der Waals surface area contributed by atoms with E-state index >= 15 is 0 Å². The first kappa shape index (κ1) is 15.9. The van der Waals surface area contributed by atoms with E-state index in [2.05, 4.69) is 15.5 Å². The molecule has 2 heterocycles. The molecule has 0 aliphatic heterocycles. The summed E-state index contributed by atoms with van der Waals surface area (Å²) in [6.45, 7) is 0.355. The standard InChI is InChI=1S/C17H18FN5O/c18-7-9-22-8-6-16(21-22)20-17(24)10-15-11-19-23(13-15)12-14-4-2-1-3-5-14/h1-6,8,11,13H,7,9-10,12H2,(H,20,21,24). The molecule has 124 valence electrons. The number of halogens is 1. The summed E-state index contributed by atoms with van der Waals surface area (Å²) in [5.74, 6) is 0.241. The van der Waals surface area contributed by atoms with E-state index in [-0.39, 0.29) is 18.9 Å². The van der Waals surface area contributed by atoms with Gasteiger partial charge >= 0.3 is 0 Å². The second-order valence-electron chi connectivity index (χ2n) is 5.41. The summed E-state index contributed by atoms with van der Waals surface area (Å²) < 4.78 is 15.5. The maximum Gasteiger partial charge on any atom is 0.230 e. The number of amides is 1. The highest BCUT2D eigenvalue weighted by Gasteiger charge is 2.08. The van der Waals surface area contributed by atoms with Crippen LogP contribution in [0.5, 0.6) is 0 Å². The van der Waals surface area contributed by atoms with Crippen LogP contribution in [0, 0.1) is 0 Å². The van der Waals surface area contributed by atoms with E-state index in [0.29, 0.717) is 12.4 Å². The minimum absolute atomic E-state index is 0.181. The molecule has 0 radical (unpaired) electrons. The first-order valence-corrected chi connectivity index (χ1v) is 7.67. The molecule has 0 saturated heterocycles. The molecule has 0 fully saturated rings. The molecule has 0 aliphatic rings. The van der Waals surface area contributed by atoms with Crippen LogP contribution in [0.15, 0.2) is 55.0 Å². The topological polar surface area (TPSA) is 64.7 Å². The van der Waals surface area contributed by atoms with Crippen LogP contribution in [-0.2, 0) is 24.3 Å². The Morgan fingerprint density at radius 2 is 1.96 bits per heavy atom. The van der Waals surface area contributed by atoms with Crippen molar-refractivity contribution in [2.75, 3.05) is 12.0 Å². The average Bonchev–Trinajstić information content (AvgIpc) is 3.18. The summed E-state index contributed by atoms with van der Waals surface area (Å²) >= 11 is 0. The number of benzene rings is 1. The fourth-order valence-corrected chi connectivity index (χ4v) is 2.37. The Labute approximate surface area is 138 Å². The predicted molar refractivity (Wildman–Crippen MR) is 88.3 cm³/mol. The van der Waals surface area contributed by atoms with Crippen LogP contribution in [0.4, 0.5) is 10.2 Å². The van der Waals surface area contributed by atoms with Gasteiger partial charge < -0.3 is 5.32 Å². The van der Waals surface area contributed by atoms with E-state index < -0.39 is 6.67 Å². The van der Waals surface area contributed by atoms with Crippen LogP contribution in [0.25, 0.3) is 0 Å². The minimum Gasteiger partial charge on any atom is -0.309 e. The summed E-state index contributed by atoms with van der Waals surface area (Å²) in [7, 11) is 0. The summed E-state index contributed by atoms with van der Waals surface area (Å²) in [5, 5.41) is 11.0. The lowest BCUT2D eigenvalue weighted by molar-refractivity contribution is -0.115. The van der Waals surface area contributed by atoms with E-state index in [0.717, 1.165) is 11.1 Å². The molecule has 0 aliphatic carbocycles. The normalized spacial score (nSPS) is 10.7. The number of carbonyl (C=O) groups excluding carboxylic acids is 1. The zero-order valence-electron chi connectivity index (χ0n) is 13.1. The molecule has 3 aromatic rings. The summed E-state index contributed by atoms with van der Waals surface area (Å²) in [5.41, 5.74) is 1.97. The number of rotatable bonds is 7. The van der Waals surface area contributed by atoms with Crippen molar-refractivity contribution in [1.29, 1.82) is 0 Å². The second kappa shape index (κ2) is 7.54. The largest absolute Gasteiger partial charge is 0.309 e. The van der Waals surface area contributed by atoms with Crippen molar-refractivity contribution < 1.29 is 9.18 Å². The van der Waals surface area contributed by atoms with E-state index in [1.807, 2.05) is 36.5 Å². The number of nitrogens with one attached hydrogen (secondary N) is 1. The van der Waals surface area contributed by atoms with Crippen molar-refractivity contribution >= 4 is 11.7 Å². The fourth-order valence-electron chi connectivity index (χ4n) is 2.37. The molecule has 7 heteroatoms. The van der Waals surface area contributed by atoms with Crippen molar-refractivity contribution in [3.63, 3.8) is 0 Å². The Morgan fingerprint density at radius 1 is 1.12 bits per heavy atom. The van der Waals surface area contributed by atoms with Gasteiger partial charge in [0.1, 0.15) is 6.67 Å². The maximum atomic E-state index is 12.2. The zero-order valence-corrected chi connectivity index (χ0v) is 13.1. The number of nitrogens with zero attached hydrogens (tertiary/aromatic N) is 4. The smallest absolute Gasteiger partial charge is 0.230 e. The van der Waals surface area contributed by atoms with Gasteiger partial charge in [-0.25, -0.2) is 4.39 Å². The molecule has 0 saturated carbocycles. The molecule has 1 amide bonds. The second-order valence-corrected chi connectivity index (χ2v) is 5.41. The lowest BCUT2D eigenvalue weighted by Gasteiger charge is -2.01. The molecule has 6 nitrogen and oxygen atoms in total. The molecule has 3 rings (SSSR count). The molecule has 0 unspecified atom stereocenters. The average molecular weight is 327 g/mol. The number of aryl methyl sites for hydroxylation is 1. The molecule has 24 heavy (non-hydrogen) atoms. The monoisotopic (exact) mass is 327 g/mol. The van der Waals surface area contributed by atoms with Crippen molar-refractivity contribution in [3.8, 4) is 0 Å². The van der Waals surface area contributed by atoms with Crippen LogP contribution < -0.4 is 5.32 Å². The molecular weight excluding hydrogens is 309 g/mol. The Hall–Kier alpha value is -2.96. The van der Waals surface area contributed by atoms with Gasteiger partial charge in [0, 0.05) is 18.5 Å². The van der Waals surface area contributed by atoms with E-state index in [1.165, 1.54) is 4.68 Å². The Bertz CT molecular complexity index is 796. The van der Waals surface area contributed by atoms with Crippen molar-refractivity contribution in [1.82, 2.24) is 19.6 Å². The lowest BCUT2D eigenvalue weighted by atomic mass is 10.2. The third-order valence-electron chi connectivity index (χ3n) is 3.46. The molecule has 1 N–H and O–H groups in total. The molecule has 1 aromatic carbocycles. The number of carbonyl (C=O) groups is 1. The van der Waals surface area contributed by atoms with Crippen molar-refractivity contribution in [2.45, 2.75) is 19.5 Å². The van der Waals surface area contributed by atoms with Gasteiger partial charge in [0.2, 0.25) is 5.91 Å². The van der Waals surface area contributed by atoms with E-state index in [9.17, 15) is 9.18 Å². The lowest BCUT2D eigenvalue weighted by Crippen LogP contribution is -2.15. The summed E-state index contributed by atoms with van der Waals surface area (Å²) in [4.78, 5) is 12.0. The van der Waals surface area contributed by atoms with E-state index in [4.69, 9.17) is 0 Å². The molecule has 2 aromatic heterocycles. The van der Waals surface area contributed by atoms with Gasteiger partial charge in [-0.05, 0) is 11.1 Å². The first-order chi connectivity index (χ1) is 11.7. The van der Waals surface area contributed by atoms with Gasteiger partial charge in [0.15, 0.2) is 5.82 Å². The van der Waals surface area contributed by atoms with Crippen LogP contribution >= 0.6 is 0 Å². The van der Waals surface area contributed by atoms with Crippen molar-refractivity contribution in [3.05, 3.63) is 66.1 Å². The van der Waals surface area contributed by atoms with Gasteiger partial charge in [-0.3, -0.25) is 14.2 Å². The van der Waals surface area contributed by atoms with Gasteiger partial charge in [-0.2, -0.15) is 10.2 Å². The van der Waals surface area contributed by atoms with Gasteiger partial charge in [0.05, 0.1) is 25.7 Å². The van der Waals surface area contributed by atoms with Crippen LogP contribution in [0.3, 0.4) is 0 Å². The van der Waals surface area contributed by atoms with Crippen LogP contribution in [0.1, 0.15) is 11.1 Å². The highest BCUT2D eigenvalue weighted by Crippen LogP contribution is 2.07. The molecule has 0 bridgehead atoms. The number of anilines is 1. The number of alkyl halides is 1. The van der Waals surface area contributed by atoms with E-state index in [1.54, 1.807) is 23.1 Å². The number of aromatic nitrogens is 4.